The number of cyclic esters (lactones) is 1. The second-order valence-corrected chi connectivity index (χ2v) is 21.2. The maximum atomic E-state index is 14.6. The maximum Gasteiger partial charge on any atom is 0.406 e. The molecule has 74 heavy (non-hydrogen) atoms. The molecule has 0 aromatic rings. The van der Waals surface area contributed by atoms with Crippen molar-refractivity contribution in [2.75, 3.05) is 54.2 Å². The van der Waals surface area contributed by atoms with Crippen LogP contribution >= 0.6 is 0 Å². The number of rotatable bonds is 12. The molecule has 2 saturated heterocycles. The van der Waals surface area contributed by atoms with Gasteiger partial charge in [0.05, 0.1) is 44.2 Å². The molecule has 3 heterocycles. The summed E-state index contributed by atoms with van der Waals surface area (Å²) in [5, 5.41) is 35.4. The molecule has 1 saturated carbocycles. The van der Waals surface area contributed by atoms with Crippen LogP contribution in [-0.4, -0.2) is 164 Å². The summed E-state index contributed by atoms with van der Waals surface area (Å²) in [5.41, 5.74) is 1.13. The number of piperidine rings is 1. The molecule has 1 unspecified atom stereocenters. The first kappa shape index (κ1) is 62.4. The number of allylic oxidation sites excluding steroid dienone is 6. The van der Waals surface area contributed by atoms with Gasteiger partial charge in [-0.2, -0.15) is 0 Å². The van der Waals surface area contributed by atoms with E-state index in [4.69, 9.17) is 33.2 Å². The number of hydrogen-bond acceptors (Lipinski definition) is 16. The van der Waals surface area contributed by atoms with Crippen LogP contribution in [0, 0.1) is 35.5 Å². The first-order chi connectivity index (χ1) is 35.2. The van der Waals surface area contributed by atoms with Crippen molar-refractivity contribution in [3.63, 3.8) is 0 Å². The number of nitrogens with one attached hydrogen (secondary N) is 1. The number of Topliss-reactive ketones (excluding diaryl/α,β-unsaturated/α-hetero) is 3. The van der Waals surface area contributed by atoms with Crippen molar-refractivity contribution in [2.24, 2.45) is 35.5 Å². The lowest BCUT2D eigenvalue weighted by Crippen LogP contribution is -2.61. The number of ketones is 3. The van der Waals surface area contributed by atoms with Gasteiger partial charge < -0.3 is 58.7 Å². The summed E-state index contributed by atoms with van der Waals surface area (Å²) < 4.78 is 41.2. The molecule has 18 heteroatoms. The summed E-state index contributed by atoms with van der Waals surface area (Å²) in [6.07, 6.45) is 10.2. The van der Waals surface area contributed by atoms with Crippen molar-refractivity contribution in [1.82, 2.24) is 10.2 Å². The highest BCUT2D eigenvalue weighted by Crippen LogP contribution is 2.38. The van der Waals surface area contributed by atoms with Crippen molar-refractivity contribution in [1.29, 1.82) is 0 Å². The molecular formula is C56H88N2O16. The van der Waals surface area contributed by atoms with E-state index in [1.807, 2.05) is 51.2 Å². The lowest BCUT2D eigenvalue weighted by Gasteiger charge is -2.43. The zero-order valence-electron chi connectivity index (χ0n) is 45.7. The lowest BCUT2D eigenvalue weighted by molar-refractivity contribution is -0.266. The monoisotopic (exact) mass is 1040 g/mol. The van der Waals surface area contributed by atoms with Gasteiger partial charge in [0.15, 0.2) is 5.78 Å². The van der Waals surface area contributed by atoms with E-state index < -0.39 is 83.9 Å². The summed E-state index contributed by atoms with van der Waals surface area (Å²) >= 11 is 0. The highest BCUT2D eigenvalue weighted by Gasteiger charge is 2.53. The Bertz CT molecular complexity index is 1990. The molecule has 4 aliphatic rings. The summed E-state index contributed by atoms with van der Waals surface area (Å²) in [5.74, 6) is -8.46. The van der Waals surface area contributed by atoms with Crippen molar-refractivity contribution >= 4 is 35.3 Å². The number of nitrogens with zero attached hydrogens (tertiary/aromatic N) is 1. The molecule has 0 aromatic carbocycles. The zero-order chi connectivity index (χ0) is 54.7. The average molecular weight is 1050 g/mol. The van der Waals surface area contributed by atoms with Crippen LogP contribution in [0.5, 0.6) is 0 Å². The molecule has 15 atom stereocenters. The van der Waals surface area contributed by atoms with Crippen molar-refractivity contribution < 1.29 is 77.2 Å². The number of aliphatic hydroxyl groups is 3. The standard InChI is InChI=1S/C56H88N2O16/c1-34-16-12-11-13-17-35(2)46(71-26-27-72-55(66)57-8)32-42-21-19-40(7)56(67,74-42)52(63)53(64)58-23-15-14-18-43(58)54(65)73-47(37(4)30-41-20-22-45(70-25-24-59)48(31-41)68-9)33-44(60)36(3)29-39(6)50(62)51(69-10)49(61)38(5)28-34/h11-13,16-17,29,34,36-38,40-43,45-48,50-51,59,62,67H,14-15,18-28,30-33H2,1-10H3,(H,57,66)/b13-11+,16-12+,35-17+,39-29+/t34-,36-,37-,38-,40-,41+,42+,43+,45-,46?,47+,48-,50-,51+,56-/m1/s1. The Balaban J connectivity index is 1.71. The van der Waals surface area contributed by atoms with Crippen LogP contribution < -0.4 is 5.32 Å². The first-order valence-corrected chi connectivity index (χ1v) is 26.8. The molecule has 3 aliphatic heterocycles. The fourth-order valence-electron chi connectivity index (χ4n) is 10.8. The number of alkyl carbamates (subject to hydrolysis) is 1. The van der Waals surface area contributed by atoms with Crippen LogP contribution in [0.3, 0.4) is 0 Å². The molecule has 2 bridgehead atoms. The van der Waals surface area contributed by atoms with Gasteiger partial charge in [0.1, 0.15) is 36.7 Å². The third kappa shape index (κ3) is 17.7. The van der Waals surface area contributed by atoms with Gasteiger partial charge in [-0.25, -0.2) is 9.59 Å². The number of methoxy groups -OCH3 is 2. The predicted molar refractivity (Wildman–Crippen MR) is 275 cm³/mol. The van der Waals surface area contributed by atoms with Crippen LogP contribution in [0.2, 0.25) is 0 Å². The number of carbonyl (C=O) groups is 6. The van der Waals surface area contributed by atoms with E-state index in [-0.39, 0.29) is 93.8 Å². The van der Waals surface area contributed by atoms with Crippen molar-refractivity contribution in [2.45, 2.75) is 180 Å². The first-order valence-electron chi connectivity index (χ1n) is 26.8. The number of amides is 2. The minimum Gasteiger partial charge on any atom is -0.460 e. The largest absolute Gasteiger partial charge is 0.460 e. The normalized spacial score (nSPS) is 36.8. The third-order valence-corrected chi connectivity index (χ3v) is 15.4. The number of hydrogen-bond donors (Lipinski definition) is 4. The minimum atomic E-state index is -2.52. The Morgan fingerprint density at radius 3 is 2.31 bits per heavy atom. The molecule has 4 rings (SSSR count). The summed E-state index contributed by atoms with van der Waals surface area (Å²) in [6, 6.07) is -1.19. The highest BCUT2D eigenvalue weighted by molar-refractivity contribution is 6.39. The van der Waals surface area contributed by atoms with Gasteiger partial charge in [-0.3, -0.25) is 19.2 Å². The number of ether oxygens (including phenoxy) is 7. The van der Waals surface area contributed by atoms with Crippen molar-refractivity contribution in [3.8, 4) is 0 Å². The zero-order valence-corrected chi connectivity index (χ0v) is 45.7. The van der Waals surface area contributed by atoms with Crippen LogP contribution in [0.15, 0.2) is 47.6 Å². The average Bonchev–Trinajstić information content (AvgIpc) is 3.38. The Morgan fingerprint density at radius 1 is 0.878 bits per heavy atom. The predicted octanol–water partition coefficient (Wildman–Crippen LogP) is 5.92. The molecule has 0 radical (unpaired) electrons. The second-order valence-electron chi connectivity index (χ2n) is 21.2. The maximum absolute atomic E-state index is 14.6. The smallest absolute Gasteiger partial charge is 0.406 e. The van der Waals surface area contributed by atoms with Gasteiger partial charge in [0.2, 0.25) is 5.79 Å². The Labute approximate surface area is 438 Å². The van der Waals surface area contributed by atoms with Gasteiger partial charge in [-0.1, -0.05) is 71.1 Å². The van der Waals surface area contributed by atoms with Gasteiger partial charge in [-0.05, 0) is 107 Å². The summed E-state index contributed by atoms with van der Waals surface area (Å²) in [6.45, 7) is 12.6. The molecule has 3 fully saturated rings. The van der Waals surface area contributed by atoms with E-state index in [1.165, 1.54) is 19.1 Å². The minimum absolute atomic E-state index is 0.0268. The molecule has 18 nitrogen and oxygen atoms in total. The fraction of sp³-hybridized carbons (Fsp3) is 0.750. The number of fused-ring (bicyclic) bond motifs is 3. The molecule has 1 aliphatic carbocycles. The van der Waals surface area contributed by atoms with E-state index in [1.54, 1.807) is 40.9 Å². The number of carbonyl (C=O) groups excluding carboxylic acids is 6. The van der Waals surface area contributed by atoms with E-state index in [0.29, 0.717) is 56.9 Å². The van der Waals surface area contributed by atoms with Gasteiger partial charge in [0, 0.05) is 58.4 Å². The molecular weight excluding hydrogens is 957 g/mol. The summed E-state index contributed by atoms with van der Waals surface area (Å²) in [4.78, 5) is 84.4. The Kier molecular flexibility index (Phi) is 25.8. The van der Waals surface area contributed by atoms with Crippen LogP contribution in [0.4, 0.5) is 4.79 Å². The molecule has 4 N–H and O–H groups in total. The quantitative estimate of drug-likeness (QED) is 0.0767. The topological polar surface area (TPSA) is 243 Å². The third-order valence-electron chi connectivity index (χ3n) is 15.4. The van der Waals surface area contributed by atoms with Gasteiger partial charge in [-0.15, -0.1) is 0 Å². The molecule has 2 amide bonds. The van der Waals surface area contributed by atoms with E-state index in [2.05, 4.69) is 5.32 Å². The molecule has 418 valence electrons. The second kappa shape index (κ2) is 30.6. The van der Waals surface area contributed by atoms with Crippen molar-refractivity contribution in [3.05, 3.63) is 47.6 Å². The van der Waals surface area contributed by atoms with Crippen LogP contribution in [0.1, 0.15) is 126 Å². The van der Waals surface area contributed by atoms with Gasteiger partial charge in [0.25, 0.3) is 11.7 Å². The molecule has 0 aromatic heterocycles. The van der Waals surface area contributed by atoms with E-state index >= 15 is 0 Å². The summed E-state index contributed by atoms with van der Waals surface area (Å²) in [7, 11) is 4.43. The van der Waals surface area contributed by atoms with E-state index in [9.17, 15) is 44.1 Å². The highest BCUT2D eigenvalue weighted by atomic mass is 16.6. The van der Waals surface area contributed by atoms with Crippen LogP contribution in [-0.2, 0) is 57.1 Å². The fourth-order valence-corrected chi connectivity index (χ4v) is 10.8. The SMILES string of the molecule is CNC(=O)OCCOC1C[C@@H]2CC[C@@H](C)[C@@](O)(O2)C(=O)C(=O)N2CCCC[C@H]2C(=O)O[C@H]([C@H](C)C[C@@H]2CC[C@@H](OCCO)[C@H](OC)C2)CC(=O)[C@H](C)/C=C(\C)[C@@H](O)[C@@H](OC)C(=O)[C@H](C)C[C@H](C)/C=C/C=C/C=C/1C. The van der Waals surface area contributed by atoms with E-state index in [0.717, 1.165) is 12.0 Å². The van der Waals surface area contributed by atoms with Gasteiger partial charge >= 0.3 is 12.1 Å². The Morgan fingerprint density at radius 2 is 1.62 bits per heavy atom. The molecule has 0 spiro atoms. The van der Waals surface area contributed by atoms with Crippen LogP contribution in [0.25, 0.3) is 0 Å². The Hall–Kier alpha value is -4.14. The number of aliphatic hydroxyl groups excluding tert-OH is 2. The number of esters is 1. The lowest BCUT2D eigenvalue weighted by atomic mass is 9.78.